The fraction of sp³-hybridized carbons (Fsp3) is 0.920. The molecule has 8 atom stereocenters. The van der Waals surface area contributed by atoms with Crippen LogP contribution < -0.4 is 5.32 Å². The maximum absolute atomic E-state index is 12.2. The summed E-state index contributed by atoms with van der Waals surface area (Å²) in [4.78, 5) is 24.0. The van der Waals surface area contributed by atoms with Gasteiger partial charge in [-0.3, -0.25) is 4.79 Å². The number of nitrogens with one attached hydrogen (secondary N) is 1. The van der Waals surface area contributed by atoms with Gasteiger partial charge in [-0.05, 0) is 98.7 Å². The Morgan fingerprint density at radius 3 is 2.48 bits per heavy atom. The summed E-state index contributed by atoms with van der Waals surface area (Å²) in [6, 6.07) is 0. The number of rotatable bonds is 6. The lowest BCUT2D eigenvalue weighted by Crippen LogP contribution is -2.54. The first-order valence-corrected chi connectivity index (χ1v) is 12.5. The highest BCUT2D eigenvalue weighted by molar-refractivity contribution is 5.71. The van der Waals surface area contributed by atoms with Crippen molar-refractivity contribution in [3.8, 4) is 0 Å². The molecule has 0 saturated heterocycles. The number of ether oxygens (including phenoxy) is 2. The quantitative estimate of drug-likeness (QED) is 0.582. The van der Waals surface area contributed by atoms with Crippen molar-refractivity contribution in [1.82, 2.24) is 5.32 Å². The Balaban J connectivity index is 1.37. The summed E-state index contributed by atoms with van der Waals surface area (Å²) < 4.78 is 10.8. The Bertz CT molecular complexity index is 683. The van der Waals surface area contributed by atoms with Crippen molar-refractivity contribution in [2.75, 3.05) is 20.3 Å². The number of alkyl carbamates (subject to hydrolysis) is 1. The Hall–Kier alpha value is -1.30. The van der Waals surface area contributed by atoms with Gasteiger partial charge in [-0.2, -0.15) is 0 Å². The average Bonchev–Trinajstić information content (AvgIpc) is 3.09. The summed E-state index contributed by atoms with van der Waals surface area (Å²) in [5, 5.41) is 12.6. The molecule has 0 aromatic carbocycles. The highest BCUT2D eigenvalue weighted by Gasteiger charge is 2.61. The van der Waals surface area contributed by atoms with Gasteiger partial charge >= 0.3 is 12.1 Å². The second-order valence-corrected chi connectivity index (χ2v) is 11.2. The standard InChI is InChI=1S/C25H41NO5/c1-24-11-9-17(31-23(29)26-13-4-14-30-3)15-16(24)5-6-18-19-7-8-21(22(27)28)25(19,2)12-10-20(18)24/h16-21H,4-15H2,1-3H3,(H,26,29)(H,27,28)/t16?,17?,18-,19-,20-,21?,24-,25-/m0/s1. The number of hydrogen-bond acceptors (Lipinski definition) is 4. The molecule has 4 fully saturated rings. The molecule has 4 aliphatic rings. The van der Waals surface area contributed by atoms with Crippen LogP contribution in [0.2, 0.25) is 0 Å². The molecule has 6 nitrogen and oxygen atoms in total. The van der Waals surface area contributed by atoms with Gasteiger partial charge in [0.25, 0.3) is 0 Å². The highest BCUT2D eigenvalue weighted by Crippen LogP contribution is 2.67. The van der Waals surface area contributed by atoms with Gasteiger partial charge < -0.3 is 19.9 Å². The van der Waals surface area contributed by atoms with E-state index in [1.807, 2.05) is 0 Å². The van der Waals surface area contributed by atoms with Crippen molar-refractivity contribution in [3.05, 3.63) is 0 Å². The summed E-state index contributed by atoms with van der Waals surface area (Å²) in [6.07, 6.45) is 10.1. The van der Waals surface area contributed by atoms with Gasteiger partial charge in [0.1, 0.15) is 6.10 Å². The van der Waals surface area contributed by atoms with Crippen LogP contribution in [-0.2, 0) is 14.3 Å². The van der Waals surface area contributed by atoms with Crippen molar-refractivity contribution >= 4 is 12.1 Å². The van der Waals surface area contributed by atoms with Gasteiger partial charge in [0, 0.05) is 20.3 Å². The van der Waals surface area contributed by atoms with Gasteiger partial charge in [-0.1, -0.05) is 13.8 Å². The maximum atomic E-state index is 12.2. The number of hydrogen-bond donors (Lipinski definition) is 2. The zero-order valence-electron chi connectivity index (χ0n) is 19.5. The molecule has 3 unspecified atom stereocenters. The highest BCUT2D eigenvalue weighted by atomic mass is 16.6. The molecule has 0 heterocycles. The van der Waals surface area contributed by atoms with Gasteiger partial charge in [0.2, 0.25) is 0 Å². The van der Waals surface area contributed by atoms with Gasteiger partial charge in [0.15, 0.2) is 0 Å². The lowest BCUT2D eigenvalue weighted by atomic mass is 9.44. The van der Waals surface area contributed by atoms with Crippen LogP contribution in [0.4, 0.5) is 4.79 Å². The first kappa shape index (κ1) is 22.9. The third-order valence-electron chi connectivity index (χ3n) is 9.98. The number of fused-ring (bicyclic) bond motifs is 5. The lowest BCUT2D eigenvalue weighted by Gasteiger charge is -2.60. The molecule has 2 N–H and O–H groups in total. The minimum Gasteiger partial charge on any atom is -0.481 e. The number of aliphatic carboxylic acids is 1. The molecule has 4 aliphatic carbocycles. The molecular weight excluding hydrogens is 394 g/mol. The number of methoxy groups -OCH3 is 1. The van der Waals surface area contributed by atoms with E-state index in [9.17, 15) is 14.7 Å². The SMILES string of the molecule is COCCCNC(=O)OC1CC[C@@]2(C)C(CC[C@@H]3[C@@H]2CC[C@]2(C)C(C(=O)O)CC[C@@H]32)C1. The van der Waals surface area contributed by atoms with E-state index < -0.39 is 5.97 Å². The van der Waals surface area contributed by atoms with E-state index in [0.717, 1.165) is 44.9 Å². The zero-order valence-corrected chi connectivity index (χ0v) is 19.5. The van der Waals surface area contributed by atoms with Gasteiger partial charge in [-0.25, -0.2) is 4.79 Å². The van der Waals surface area contributed by atoms with E-state index in [4.69, 9.17) is 9.47 Å². The van der Waals surface area contributed by atoms with E-state index in [1.54, 1.807) is 7.11 Å². The largest absolute Gasteiger partial charge is 0.481 e. The van der Waals surface area contributed by atoms with Crippen molar-refractivity contribution in [2.45, 2.75) is 84.2 Å². The third kappa shape index (κ3) is 4.09. The minimum atomic E-state index is -0.582. The first-order chi connectivity index (χ1) is 14.8. The molecule has 0 bridgehead atoms. The van der Waals surface area contributed by atoms with E-state index in [1.165, 1.54) is 19.3 Å². The van der Waals surface area contributed by atoms with E-state index in [-0.39, 0.29) is 23.5 Å². The Labute approximate surface area is 186 Å². The smallest absolute Gasteiger partial charge is 0.407 e. The van der Waals surface area contributed by atoms with Crippen LogP contribution in [0.3, 0.4) is 0 Å². The van der Waals surface area contributed by atoms with Crippen molar-refractivity contribution in [1.29, 1.82) is 0 Å². The Morgan fingerprint density at radius 2 is 1.74 bits per heavy atom. The summed E-state index contributed by atoms with van der Waals surface area (Å²) >= 11 is 0. The van der Waals surface area contributed by atoms with Crippen LogP contribution >= 0.6 is 0 Å². The second kappa shape index (κ2) is 8.92. The van der Waals surface area contributed by atoms with Gasteiger partial charge in [0.05, 0.1) is 5.92 Å². The second-order valence-electron chi connectivity index (χ2n) is 11.2. The average molecular weight is 436 g/mol. The molecule has 1 amide bonds. The lowest BCUT2D eigenvalue weighted by molar-refractivity contribution is -0.154. The van der Waals surface area contributed by atoms with Crippen molar-refractivity contribution < 1.29 is 24.2 Å². The predicted molar refractivity (Wildman–Crippen MR) is 118 cm³/mol. The summed E-state index contributed by atoms with van der Waals surface area (Å²) in [5.74, 6) is 1.80. The van der Waals surface area contributed by atoms with Crippen LogP contribution in [0.15, 0.2) is 0 Å². The molecule has 0 radical (unpaired) electrons. The Morgan fingerprint density at radius 1 is 1.00 bits per heavy atom. The maximum Gasteiger partial charge on any atom is 0.407 e. The molecule has 0 aromatic heterocycles. The van der Waals surface area contributed by atoms with Crippen LogP contribution in [0.1, 0.15) is 78.1 Å². The Kier molecular flexibility index (Phi) is 6.58. The minimum absolute atomic E-state index is 0.0165. The van der Waals surface area contributed by atoms with Crippen molar-refractivity contribution in [2.24, 2.45) is 40.4 Å². The molecule has 0 aliphatic heterocycles. The first-order valence-electron chi connectivity index (χ1n) is 12.5. The molecule has 176 valence electrons. The van der Waals surface area contributed by atoms with E-state index in [0.29, 0.717) is 42.2 Å². The third-order valence-corrected chi connectivity index (χ3v) is 9.98. The predicted octanol–water partition coefficient (Wildman–Crippen LogP) is 4.86. The number of carboxylic acid groups (broad SMARTS) is 1. The number of carbonyl (C=O) groups excluding carboxylic acids is 1. The monoisotopic (exact) mass is 435 g/mol. The van der Waals surface area contributed by atoms with Crippen LogP contribution in [-0.4, -0.2) is 43.5 Å². The fourth-order valence-electron chi connectivity index (χ4n) is 8.33. The summed E-state index contributed by atoms with van der Waals surface area (Å²) in [5.41, 5.74) is 0.289. The number of carbonyl (C=O) groups is 2. The molecule has 31 heavy (non-hydrogen) atoms. The van der Waals surface area contributed by atoms with E-state index in [2.05, 4.69) is 19.2 Å². The summed E-state index contributed by atoms with van der Waals surface area (Å²) in [6.45, 7) is 5.98. The van der Waals surface area contributed by atoms with Crippen LogP contribution in [0.5, 0.6) is 0 Å². The topological polar surface area (TPSA) is 84.9 Å². The number of carboxylic acids is 1. The summed E-state index contributed by atoms with van der Waals surface area (Å²) in [7, 11) is 1.66. The van der Waals surface area contributed by atoms with Crippen LogP contribution in [0.25, 0.3) is 0 Å². The number of amides is 1. The van der Waals surface area contributed by atoms with Crippen LogP contribution in [0, 0.1) is 40.4 Å². The van der Waals surface area contributed by atoms with Gasteiger partial charge in [-0.15, -0.1) is 0 Å². The molecule has 0 spiro atoms. The fourth-order valence-corrected chi connectivity index (χ4v) is 8.33. The molecule has 4 rings (SSSR count). The van der Waals surface area contributed by atoms with E-state index >= 15 is 0 Å². The van der Waals surface area contributed by atoms with Crippen molar-refractivity contribution in [3.63, 3.8) is 0 Å². The molecular formula is C25H41NO5. The molecule has 4 saturated carbocycles. The zero-order chi connectivity index (χ0) is 22.2. The molecule has 0 aromatic rings. The molecule has 6 heteroatoms. The normalized spacial score (nSPS) is 44.0.